The number of amides is 2. The third-order valence-corrected chi connectivity index (χ3v) is 8.99. The predicted octanol–water partition coefficient (Wildman–Crippen LogP) is 4.55. The van der Waals surface area contributed by atoms with Gasteiger partial charge in [-0.3, -0.25) is 14.3 Å². The Balaban J connectivity index is 1.17. The van der Waals surface area contributed by atoms with Crippen LogP contribution in [0.3, 0.4) is 0 Å². The molecule has 6 rings (SSSR count). The Morgan fingerprint density at radius 3 is 2.18 bits per heavy atom. The molecule has 0 atom stereocenters. The van der Waals surface area contributed by atoms with Gasteiger partial charge in [-0.05, 0) is 75.7 Å². The van der Waals surface area contributed by atoms with E-state index in [0.717, 1.165) is 67.7 Å². The standard InChI is InChI=1S/C26H37ClN4O2/c1-3-4-7-31-24(27)22(18(2)28-31)5-6-23(32)29-8-10-30(11-9-29)25(33)26-15-19-12-20(16-26)14-21(13-19)17-26/h5-6,19-21H,3-4,7-17H2,1-2H3/b6-5+. The zero-order valence-corrected chi connectivity index (χ0v) is 20.8. The Bertz CT molecular complexity index is 909. The van der Waals surface area contributed by atoms with Crippen LogP contribution in [0.2, 0.25) is 5.15 Å². The van der Waals surface area contributed by atoms with Crippen LogP contribution in [0.25, 0.3) is 6.08 Å². The average Bonchev–Trinajstić information content (AvgIpc) is 3.07. The number of nitrogens with zero attached hydrogens (tertiary/aromatic N) is 4. The number of hydrogen-bond donors (Lipinski definition) is 0. The van der Waals surface area contributed by atoms with Gasteiger partial charge in [-0.15, -0.1) is 0 Å². The molecule has 1 aliphatic heterocycles. The predicted molar refractivity (Wildman–Crippen MR) is 130 cm³/mol. The molecule has 6 nitrogen and oxygen atoms in total. The van der Waals surface area contributed by atoms with E-state index in [4.69, 9.17) is 11.6 Å². The van der Waals surface area contributed by atoms with Crippen molar-refractivity contribution in [2.24, 2.45) is 23.2 Å². The average molecular weight is 473 g/mol. The summed E-state index contributed by atoms with van der Waals surface area (Å²) in [7, 11) is 0. The molecule has 0 unspecified atom stereocenters. The summed E-state index contributed by atoms with van der Waals surface area (Å²) < 4.78 is 1.82. The van der Waals surface area contributed by atoms with E-state index in [1.165, 1.54) is 19.3 Å². The maximum absolute atomic E-state index is 13.6. The Labute approximate surface area is 202 Å². The molecule has 2 heterocycles. The number of unbranched alkanes of at least 4 members (excludes halogenated alkanes) is 1. The van der Waals surface area contributed by atoms with Gasteiger partial charge >= 0.3 is 0 Å². The lowest BCUT2D eigenvalue weighted by molar-refractivity contribution is -0.160. The number of rotatable bonds is 6. The van der Waals surface area contributed by atoms with Crippen molar-refractivity contribution >= 4 is 29.5 Å². The van der Waals surface area contributed by atoms with Gasteiger partial charge < -0.3 is 9.80 Å². The van der Waals surface area contributed by atoms with Crippen molar-refractivity contribution in [3.8, 4) is 0 Å². The van der Waals surface area contributed by atoms with Gasteiger partial charge in [0.2, 0.25) is 11.8 Å². The molecule has 7 heteroatoms. The van der Waals surface area contributed by atoms with Gasteiger partial charge in [0, 0.05) is 44.4 Å². The van der Waals surface area contributed by atoms with Crippen LogP contribution in [0.5, 0.6) is 0 Å². The number of piperazine rings is 1. The molecular weight excluding hydrogens is 436 g/mol. The first-order valence-electron chi connectivity index (χ1n) is 12.9. The van der Waals surface area contributed by atoms with Crippen molar-refractivity contribution in [1.29, 1.82) is 0 Å². The largest absolute Gasteiger partial charge is 0.339 e. The van der Waals surface area contributed by atoms with E-state index in [2.05, 4.69) is 16.9 Å². The minimum atomic E-state index is -0.0902. The maximum atomic E-state index is 13.6. The number of aromatic nitrogens is 2. The second kappa shape index (κ2) is 9.09. The number of carbonyl (C=O) groups is 2. The van der Waals surface area contributed by atoms with Gasteiger partial charge in [0.05, 0.1) is 11.1 Å². The summed E-state index contributed by atoms with van der Waals surface area (Å²) in [5.41, 5.74) is 1.57. The molecule has 1 saturated heterocycles. The smallest absolute Gasteiger partial charge is 0.246 e. The Kier molecular flexibility index (Phi) is 6.32. The normalized spacial score (nSPS) is 31.1. The fourth-order valence-electron chi connectivity index (χ4n) is 7.31. The van der Waals surface area contributed by atoms with E-state index in [9.17, 15) is 9.59 Å². The van der Waals surface area contributed by atoms with Gasteiger partial charge in [-0.25, -0.2) is 0 Å². The molecule has 0 aromatic carbocycles. The van der Waals surface area contributed by atoms with E-state index in [-0.39, 0.29) is 11.3 Å². The molecule has 0 radical (unpaired) electrons. The topological polar surface area (TPSA) is 58.4 Å². The highest BCUT2D eigenvalue weighted by Crippen LogP contribution is 2.60. The van der Waals surface area contributed by atoms with E-state index < -0.39 is 0 Å². The van der Waals surface area contributed by atoms with Gasteiger partial charge in [0.1, 0.15) is 5.15 Å². The molecule has 1 aromatic heterocycles. The minimum Gasteiger partial charge on any atom is -0.339 e. The van der Waals surface area contributed by atoms with Gasteiger partial charge in [-0.1, -0.05) is 24.9 Å². The van der Waals surface area contributed by atoms with Crippen molar-refractivity contribution in [3.05, 3.63) is 22.5 Å². The van der Waals surface area contributed by atoms with Crippen LogP contribution < -0.4 is 0 Å². The number of halogens is 1. The highest BCUT2D eigenvalue weighted by atomic mass is 35.5. The van der Waals surface area contributed by atoms with Gasteiger partial charge in [0.15, 0.2) is 0 Å². The van der Waals surface area contributed by atoms with Crippen LogP contribution in [-0.4, -0.2) is 57.6 Å². The molecular formula is C26H37ClN4O2. The van der Waals surface area contributed by atoms with Crippen molar-refractivity contribution in [2.45, 2.75) is 71.8 Å². The Hall–Kier alpha value is -1.82. The highest BCUT2D eigenvalue weighted by molar-refractivity contribution is 6.31. The molecule has 33 heavy (non-hydrogen) atoms. The van der Waals surface area contributed by atoms with Crippen molar-refractivity contribution in [2.75, 3.05) is 26.2 Å². The molecule has 4 saturated carbocycles. The Morgan fingerprint density at radius 2 is 1.61 bits per heavy atom. The fraction of sp³-hybridized carbons (Fsp3) is 0.731. The summed E-state index contributed by atoms with van der Waals surface area (Å²) in [6.45, 7) is 7.35. The van der Waals surface area contributed by atoms with Gasteiger partial charge in [0.25, 0.3) is 0 Å². The summed E-state index contributed by atoms with van der Waals surface area (Å²) in [5, 5.41) is 5.10. The fourth-order valence-corrected chi connectivity index (χ4v) is 7.63. The molecule has 0 spiro atoms. The van der Waals surface area contributed by atoms with E-state index in [1.54, 1.807) is 12.2 Å². The lowest BCUT2D eigenvalue weighted by atomic mass is 9.49. The van der Waals surface area contributed by atoms with Crippen LogP contribution >= 0.6 is 11.6 Å². The van der Waals surface area contributed by atoms with Crippen molar-refractivity contribution < 1.29 is 9.59 Å². The third kappa shape index (κ3) is 4.36. The Morgan fingerprint density at radius 1 is 1.03 bits per heavy atom. The maximum Gasteiger partial charge on any atom is 0.246 e. The lowest BCUT2D eigenvalue weighted by Crippen LogP contribution is -2.58. The molecule has 1 aromatic rings. The number of carbonyl (C=O) groups excluding carboxylic acids is 2. The zero-order valence-electron chi connectivity index (χ0n) is 20.1. The second-order valence-corrected chi connectivity index (χ2v) is 11.4. The summed E-state index contributed by atoms with van der Waals surface area (Å²) in [5.74, 6) is 2.68. The molecule has 5 fully saturated rings. The summed E-state index contributed by atoms with van der Waals surface area (Å²) in [4.78, 5) is 30.3. The van der Waals surface area contributed by atoms with Crippen molar-refractivity contribution in [1.82, 2.24) is 19.6 Å². The monoisotopic (exact) mass is 472 g/mol. The quantitative estimate of drug-likeness (QED) is 0.571. The number of hydrogen-bond acceptors (Lipinski definition) is 3. The van der Waals surface area contributed by atoms with Crippen LogP contribution in [0.4, 0.5) is 0 Å². The second-order valence-electron chi connectivity index (χ2n) is 11.0. The first-order valence-corrected chi connectivity index (χ1v) is 13.3. The highest BCUT2D eigenvalue weighted by Gasteiger charge is 2.55. The molecule has 0 N–H and O–H groups in total. The van der Waals surface area contributed by atoms with E-state index >= 15 is 0 Å². The lowest BCUT2D eigenvalue weighted by Gasteiger charge is -2.57. The molecule has 4 aliphatic carbocycles. The van der Waals surface area contributed by atoms with E-state index in [0.29, 0.717) is 37.2 Å². The van der Waals surface area contributed by atoms with Crippen LogP contribution in [0.1, 0.15) is 69.5 Å². The van der Waals surface area contributed by atoms with E-state index in [1.807, 2.05) is 16.5 Å². The zero-order chi connectivity index (χ0) is 23.2. The minimum absolute atomic E-state index is 0.0197. The molecule has 180 valence electrons. The summed E-state index contributed by atoms with van der Waals surface area (Å²) in [6, 6.07) is 0. The third-order valence-electron chi connectivity index (χ3n) is 8.60. The number of aryl methyl sites for hydroxylation is 2. The first kappa shape index (κ1) is 22.9. The molecule has 4 bridgehead atoms. The van der Waals surface area contributed by atoms with Gasteiger partial charge in [-0.2, -0.15) is 5.10 Å². The molecule has 5 aliphatic rings. The van der Waals surface area contributed by atoms with Crippen LogP contribution in [-0.2, 0) is 16.1 Å². The SMILES string of the molecule is CCCCn1nc(C)c(/C=C/C(=O)N2CCN(C(=O)C34CC5CC(CC(C5)C3)C4)CC2)c1Cl. The van der Waals surface area contributed by atoms with Crippen LogP contribution in [0.15, 0.2) is 6.08 Å². The first-order chi connectivity index (χ1) is 15.9. The van der Waals surface area contributed by atoms with Crippen molar-refractivity contribution in [3.63, 3.8) is 0 Å². The van der Waals surface area contributed by atoms with Crippen LogP contribution in [0, 0.1) is 30.1 Å². The molecule has 2 amide bonds. The summed E-state index contributed by atoms with van der Waals surface area (Å²) in [6.07, 6.45) is 12.9. The summed E-state index contributed by atoms with van der Waals surface area (Å²) >= 11 is 6.50.